The number of rotatable bonds is 0. The molecule has 0 aliphatic carbocycles. The summed E-state index contributed by atoms with van der Waals surface area (Å²) in [6, 6.07) is 8.73. The molecule has 0 N–H and O–H groups in total. The first-order valence-corrected chi connectivity index (χ1v) is 6.03. The highest BCUT2D eigenvalue weighted by Gasteiger charge is 2.38. The summed E-state index contributed by atoms with van der Waals surface area (Å²) < 4.78 is 6.01. The molecule has 0 fully saturated rings. The lowest BCUT2D eigenvalue weighted by Crippen LogP contribution is -2.42. The smallest absolute Gasteiger partial charge is 0.130 e. The van der Waals surface area contributed by atoms with Crippen molar-refractivity contribution in [2.24, 2.45) is 0 Å². The van der Waals surface area contributed by atoms with Gasteiger partial charge in [0.05, 0.1) is 6.04 Å². The average Bonchev–Trinajstić information content (AvgIpc) is 2.39. The predicted molar refractivity (Wildman–Crippen MR) is 66.4 cm³/mol. The minimum absolute atomic E-state index is 0.347. The first kappa shape index (κ1) is 9.11. The van der Waals surface area contributed by atoms with Gasteiger partial charge in [0, 0.05) is 23.9 Å². The van der Waals surface area contributed by atoms with Gasteiger partial charge in [-0.25, -0.2) is 0 Å². The molecule has 0 aromatic heterocycles. The van der Waals surface area contributed by atoms with Crippen LogP contribution in [0.4, 0.5) is 0 Å². The summed E-state index contributed by atoms with van der Waals surface area (Å²) in [4.78, 5) is 2.25. The molecule has 1 aromatic rings. The maximum atomic E-state index is 6.01. The summed E-state index contributed by atoms with van der Waals surface area (Å²) in [5.41, 5.74) is 1.33. The van der Waals surface area contributed by atoms with Crippen molar-refractivity contribution in [3.05, 3.63) is 66.2 Å². The molecule has 2 atom stereocenters. The van der Waals surface area contributed by atoms with Gasteiger partial charge < -0.3 is 9.64 Å². The summed E-state index contributed by atoms with van der Waals surface area (Å²) >= 11 is 0. The van der Waals surface area contributed by atoms with Crippen molar-refractivity contribution in [3.63, 3.8) is 0 Å². The average molecular weight is 223 g/mol. The highest BCUT2D eigenvalue weighted by Crippen LogP contribution is 2.45. The molecule has 0 radical (unpaired) electrons. The quantitative estimate of drug-likeness (QED) is 0.670. The SMILES string of the molecule is C1=CN2C=CCC3c4ccccc4OC(=C1)C32. The van der Waals surface area contributed by atoms with E-state index in [0.29, 0.717) is 12.0 Å². The zero-order valence-electron chi connectivity index (χ0n) is 9.41. The maximum Gasteiger partial charge on any atom is 0.130 e. The van der Waals surface area contributed by atoms with E-state index in [1.165, 1.54) is 5.56 Å². The van der Waals surface area contributed by atoms with Crippen LogP contribution in [0.2, 0.25) is 0 Å². The molecule has 3 aliphatic rings. The molecule has 0 amide bonds. The number of hydrogen-bond acceptors (Lipinski definition) is 2. The van der Waals surface area contributed by atoms with Crippen LogP contribution in [-0.4, -0.2) is 10.9 Å². The summed E-state index contributed by atoms with van der Waals surface area (Å²) in [6.45, 7) is 0. The van der Waals surface area contributed by atoms with E-state index in [-0.39, 0.29) is 0 Å². The molecule has 1 aromatic carbocycles. The summed E-state index contributed by atoms with van der Waals surface area (Å²) in [7, 11) is 0. The van der Waals surface area contributed by atoms with Crippen LogP contribution in [-0.2, 0) is 0 Å². The highest BCUT2D eigenvalue weighted by molar-refractivity contribution is 5.46. The van der Waals surface area contributed by atoms with E-state index >= 15 is 0 Å². The summed E-state index contributed by atoms with van der Waals surface area (Å²) in [5, 5.41) is 0. The van der Waals surface area contributed by atoms with E-state index in [9.17, 15) is 0 Å². The van der Waals surface area contributed by atoms with Crippen molar-refractivity contribution >= 4 is 0 Å². The number of nitrogens with zero attached hydrogens (tertiary/aromatic N) is 1. The number of benzene rings is 1. The molecule has 17 heavy (non-hydrogen) atoms. The van der Waals surface area contributed by atoms with Crippen molar-refractivity contribution in [2.45, 2.75) is 18.4 Å². The van der Waals surface area contributed by atoms with Crippen molar-refractivity contribution in [1.82, 2.24) is 4.90 Å². The number of allylic oxidation sites excluding steroid dienone is 3. The third-order valence-electron chi connectivity index (χ3n) is 3.73. The Morgan fingerprint density at radius 1 is 1.18 bits per heavy atom. The standard InChI is InChI=1S/C15H13NO/c1-2-7-13-11(5-1)12-6-3-9-16-10-4-8-14(17-13)15(12)16/h1-5,7-10,12,15H,6H2. The Kier molecular flexibility index (Phi) is 1.75. The largest absolute Gasteiger partial charge is 0.459 e. The van der Waals surface area contributed by atoms with Crippen LogP contribution in [0, 0.1) is 0 Å². The Morgan fingerprint density at radius 2 is 2.12 bits per heavy atom. The van der Waals surface area contributed by atoms with Crippen molar-refractivity contribution in [1.29, 1.82) is 0 Å². The molecule has 3 heterocycles. The Hall–Kier alpha value is -1.96. The van der Waals surface area contributed by atoms with Crippen LogP contribution in [0.25, 0.3) is 0 Å². The first-order chi connectivity index (χ1) is 8.43. The van der Waals surface area contributed by atoms with Gasteiger partial charge in [-0.3, -0.25) is 0 Å². The number of hydrogen-bond donors (Lipinski definition) is 0. The fraction of sp³-hybridized carbons (Fsp3) is 0.200. The molecule has 3 aliphatic heterocycles. The van der Waals surface area contributed by atoms with Crippen LogP contribution in [0.3, 0.4) is 0 Å². The normalized spacial score (nSPS) is 28.0. The lowest BCUT2D eigenvalue weighted by molar-refractivity contribution is 0.219. The molecule has 4 rings (SSSR count). The maximum absolute atomic E-state index is 6.01. The fourth-order valence-electron chi connectivity index (χ4n) is 2.98. The van der Waals surface area contributed by atoms with Gasteiger partial charge in [0.2, 0.25) is 0 Å². The van der Waals surface area contributed by atoms with Crippen LogP contribution in [0.5, 0.6) is 5.75 Å². The van der Waals surface area contributed by atoms with Gasteiger partial charge in [-0.15, -0.1) is 0 Å². The second kappa shape index (κ2) is 3.27. The van der Waals surface area contributed by atoms with E-state index in [2.05, 4.69) is 47.7 Å². The Labute approximate surface area is 101 Å². The summed E-state index contributed by atoms with van der Waals surface area (Å²) in [5.74, 6) is 2.60. The van der Waals surface area contributed by atoms with E-state index < -0.39 is 0 Å². The first-order valence-electron chi connectivity index (χ1n) is 6.03. The molecule has 0 spiro atoms. The summed E-state index contributed by atoms with van der Waals surface area (Å²) in [6.07, 6.45) is 11.7. The molecule has 0 bridgehead atoms. The minimum atomic E-state index is 0.347. The predicted octanol–water partition coefficient (Wildman–Crippen LogP) is 3.16. The van der Waals surface area contributed by atoms with Crippen LogP contribution in [0.1, 0.15) is 17.9 Å². The zero-order valence-corrected chi connectivity index (χ0v) is 9.41. The Balaban J connectivity index is 1.92. The van der Waals surface area contributed by atoms with Gasteiger partial charge in [0.15, 0.2) is 0 Å². The van der Waals surface area contributed by atoms with E-state index in [1.54, 1.807) is 0 Å². The molecular formula is C15H13NO. The Morgan fingerprint density at radius 3 is 3.12 bits per heavy atom. The van der Waals surface area contributed by atoms with Crippen molar-refractivity contribution in [3.8, 4) is 5.75 Å². The second-order valence-corrected chi connectivity index (χ2v) is 4.67. The van der Waals surface area contributed by atoms with Crippen molar-refractivity contribution in [2.75, 3.05) is 0 Å². The van der Waals surface area contributed by atoms with Gasteiger partial charge in [0.25, 0.3) is 0 Å². The van der Waals surface area contributed by atoms with E-state index in [1.807, 2.05) is 12.1 Å². The topological polar surface area (TPSA) is 12.5 Å². The van der Waals surface area contributed by atoms with Crippen LogP contribution in [0.15, 0.2) is 60.7 Å². The number of fused-ring (bicyclic) bond motifs is 2. The van der Waals surface area contributed by atoms with E-state index in [0.717, 1.165) is 17.9 Å². The number of para-hydroxylation sites is 1. The minimum Gasteiger partial charge on any atom is -0.459 e. The van der Waals surface area contributed by atoms with Gasteiger partial charge in [0.1, 0.15) is 11.5 Å². The molecular weight excluding hydrogens is 210 g/mol. The fourth-order valence-corrected chi connectivity index (χ4v) is 2.98. The molecule has 2 nitrogen and oxygen atoms in total. The molecule has 2 unspecified atom stereocenters. The van der Waals surface area contributed by atoms with Crippen LogP contribution >= 0.6 is 0 Å². The second-order valence-electron chi connectivity index (χ2n) is 4.67. The lowest BCUT2D eigenvalue weighted by Gasteiger charge is -2.43. The number of ether oxygens (including phenoxy) is 1. The van der Waals surface area contributed by atoms with E-state index in [4.69, 9.17) is 4.74 Å². The highest BCUT2D eigenvalue weighted by atomic mass is 16.5. The van der Waals surface area contributed by atoms with Gasteiger partial charge in [-0.1, -0.05) is 24.3 Å². The third kappa shape index (κ3) is 1.21. The molecule has 2 heteroatoms. The Bertz CT molecular complexity index is 556. The van der Waals surface area contributed by atoms with Crippen LogP contribution < -0.4 is 4.74 Å². The monoisotopic (exact) mass is 223 g/mol. The molecule has 0 saturated heterocycles. The molecule has 0 saturated carbocycles. The van der Waals surface area contributed by atoms with Gasteiger partial charge >= 0.3 is 0 Å². The zero-order chi connectivity index (χ0) is 11.2. The van der Waals surface area contributed by atoms with Gasteiger partial charge in [-0.05, 0) is 24.6 Å². The molecule has 84 valence electrons. The van der Waals surface area contributed by atoms with Crippen molar-refractivity contribution < 1.29 is 4.74 Å². The lowest BCUT2D eigenvalue weighted by atomic mass is 9.81. The van der Waals surface area contributed by atoms with Gasteiger partial charge in [-0.2, -0.15) is 0 Å². The third-order valence-corrected chi connectivity index (χ3v) is 3.73.